The molecule has 0 spiro atoms. The minimum absolute atomic E-state index is 0.512. The maximum Gasteiger partial charge on any atom is 0.146 e. The monoisotopic (exact) mass is 263 g/mol. The van der Waals surface area contributed by atoms with Gasteiger partial charge in [0.25, 0.3) is 0 Å². The summed E-state index contributed by atoms with van der Waals surface area (Å²) in [5.41, 5.74) is 5.68. The molecule has 0 aliphatic carbocycles. The first kappa shape index (κ1) is 12.6. The van der Waals surface area contributed by atoms with Crippen LogP contribution in [-0.4, -0.2) is 9.38 Å². The molecule has 3 aromatic rings. The van der Waals surface area contributed by atoms with Crippen molar-refractivity contribution in [3.63, 3.8) is 0 Å². The number of pyridine rings is 1. The first-order valence-corrected chi connectivity index (χ1v) is 6.67. The summed E-state index contributed by atoms with van der Waals surface area (Å²) in [6.45, 7) is 12.1. The number of nitrogens with zero attached hydrogens (tertiary/aromatic N) is 2. The van der Waals surface area contributed by atoms with Gasteiger partial charge in [-0.3, -0.25) is 9.81 Å². The molecule has 2 aromatic heterocycles. The molecule has 4 rings (SSSR count). The van der Waals surface area contributed by atoms with Crippen molar-refractivity contribution < 1.29 is 0 Å². The molecule has 0 unspecified atom stereocenters. The SMILES string of the molecule is C=C.C=c1c(=N)c2cccc3c2n2c(c(C)nc12)CC3. The molecule has 1 aromatic carbocycles. The summed E-state index contributed by atoms with van der Waals surface area (Å²) < 4.78 is 2.21. The second-order valence-corrected chi connectivity index (χ2v) is 4.97. The number of aromatic nitrogens is 2. The van der Waals surface area contributed by atoms with Crippen molar-refractivity contribution in [3.05, 3.63) is 58.9 Å². The fourth-order valence-electron chi connectivity index (χ4n) is 3.09. The van der Waals surface area contributed by atoms with Crippen LogP contribution in [0.3, 0.4) is 0 Å². The molecule has 1 aliphatic heterocycles. The molecule has 0 atom stereocenters. The lowest BCUT2D eigenvalue weighted by molar-refractivity contribution is 0.863. The fourth-order valence-corrected chi connectivity index (χ4v) is 3.09. The van der Waals surface area contributed by atoms with Gasteiger partial charge in [0.15, 0.2) is 0 Å². The smallest absolute Gasteiger partial charge is 0.146 e. The molecule has 0 amide bonds. The Morgan fingerprint density at radius 1 is 1.25 bits per heavy atom. The lowest BCUT2D eigenvalue weighted by Gasteiger charge is -2.16. The molecule has 100 valence electrons. The van der Waals surface area contributed by atoms with Crippen LogP contribution in [0.2, 0.25) is 0 Å². The lowest BCUT2D eigenvalue weighted by Crippen LogP contribution is -2.28. The van der Waals surface area contributed by atoms with Gasteiger partial charge in [-0.2, -0.15) is 0 Å². The van der Waals surface area contributed by atoms with Crippen LogP contribution in [0.15, 0.2) is 31.4 Å². The van der Waals surface area contributed by atoms with Crippen molar-refractivity contribution in [2.24, 2.45) is 0 Å². The largest absolute Gasteiger partial charge is 0.299 e. The van der Waals surface area contributed by atoms with Crippen LogP contribution in [-0.2, 0) is 12.8 Å². The minimum atomic E-state index is 0.512. The number of benzene rings is 1. The van der Waals surface area contributed by atoms with Gasteiger partial charge in [0.2, 0.25) is 0 Å². The van der Waals surface area contributed by atoms with Crippen molar-refractivity contribution in [1.82, 2.24) is 9.38 Å². The second-order valence-electron chi connectivity index (χ2n) is 4.97. The van der Waals surface area contributed by atoms with E-state index in [1.54, 1.807) is 0 Å². The van der Waals surface area contributed by atoms with Gasteiger partial charge in [0.1, 0.15) is 5.65 Å². The van der Waals surface area contributed by atoms with Crippen molar-refractivity contribution in [3.8, 4) is 0 Å². The number of rotatable bonds is 0. The highest BCUT2D eigenvalue weighted by molar-refractivity contribution is 5.86. The van der Waals surface area contributed by atoms with E-state index in [1.807, 2.05) is 19.1 Å². The van der Waals surface area contributed by atoms with Gasteiger partial charge in [-0.05, 0) is 25.3 Å². The number of aryl methyl sites for hydroxylation is 3. The maximum atomic E-state index is 8.25. The molecule has 3 heterocycles. The van der Waals surface area contributed by atoms with Crippen LogP contribution in [0.4, 0.5) is 0 Å². The van der Waals surface area contributed by atoms with E-state index in [1.165, 1.54) is 11.3 Å². The molecular formula is C17H17N3. The van der Waals surface area contributed by atoms with Crippen molar-refractivity contribution in [1.29, 1.82) is 5.41 Å². The van der Waals surface area contributed by atoms with Crippen LogP contribution in [0.25, 0.3) is 23.1 Å². The summed E-state index contributed by atoms with van der Waals surface area (Å²) in [6.07, 6.45) is 2.06. The minimum Gasteiger partial charge on any atom is -0.299 e. The predicted molar refractivity (Wildman–Crippen MR) is 82.7 cm³/mol. The van der Waals surface area contributed by atoms with E-state index in [4.69, 9.17) is 5.41 Å². The fraction of sp³-hybridized carbons (Fsp3) is 0.176. The molecule has 0 fully saturated rings. The Bertz CT molecular complexity index is 935. The highest BCUT2D eigenvalue weighted by Crippen LogP contribution is 2.26. The average molecular weight is 263 g/mol. The molecule has 1 N–H and O–H groups in total. The number of para-hydroxylation sites is 1. The Labute approximate surface area is 117 Å². The zero-order chi connectivity index (χ0) is 14.4. The zero-order valence-corrected chi connectivity index (χ0v) is 11.7. The topological polar surface area (TPSA) is 41.2 Å². The number of imidazole rings is 1. The summed E-state index contributed by atoms with van der Waals surface area (Å²) in [4.78, 5) is 4.61. The first-order valence-electron chi connectivity index (χ1n) is 6.67. The number of nitrogens with one attached hydrogen (secondary N) is 1. The molecule has 0 radical (unpaired) electrons. The van der Waals surface area contributed by atoms with Gasteiger partial charge in [0.05, 0.1) is 16.6 Å². The standard InChI is InChI=1S/C15H13N3.C2H4/c1-8-13(16)11-5-3-4-10-6-7-12-9(2)17-15(8)18(12)14(10)11;1-2/h3-5,16H,1,6-7H2,2H3;1-2H2. The van der Waals surface area contributed by atoms with Gasteiger partial charge in [0, 0.05) is 16.3 Å². The van der Waals surface area contributed by atoms with Crippen molar-refractivity contribution >= 4 is 23.1 Å². The van der Waals surface area contributed by atoms with E-state index in [0.717, 1.165) is 40.3 Å². The summed E-state index contributed by atoms with van der Waals surface area (Å²) in [6, 6.07) is 6.21. The Morgan fingerprint density at radius 2 is 2.00 bits per heavy atom. The van der Waals surface area contributed by atoms with E-state index in [9.17, 15) is 0 Å². The van der Waals surface area contributed by atoms with Crippen LogP contribution in [0.1, 0.15) is 17.0 Å². The van der Waals surface area contributed by atoms with Crippen LogP contribution in [0.5, 0.6) is 0 Å². The third kappa shape index (κ3) is 1.40. The Balaban J connectivity index is 0.000000581. The number of hydrogen-bond acceptors (Lipinski definition) is 2. The van der Waals surface area contributed by atoms with Crippen LogP contribution >= 0.6 is 0 Å². The van der Waals surface area contributed by atoms with Gasteiger partial charge in [-0.1, -0.05) is 24.8 Å². The van der Waals surface area contributed by atoms with Crippen LogP contribution in [0, 0.1) is 12.3 Å². The maximum absolute atomic E-state index is 8.25. The molecule has 0 bridgehead atoms. The Hall–Kier alpha value is -2.42. The van der Waals surface area contributed by atoms with Gasteiger partial charge >= 0.3 is 0 Å². The first-order chi connectivity index (χ1) is 9.68. The molecular weight excluding hydrogens is 246 g/mol. The van der Waals surface area contributed by atoms with Crippen molar-refractivity contribution in [2.75, 3.05) is 0 Å². The summed E-state index contributed by atoms with van der Waals surface area (Å²) in [5.74, 6) is 0. The molecule has 3 nitrogen and oxygen atoms in total. The zero-order valence-electron chi connectivity index (χ0n) is 11.7. The third-order valence-electron chi connectivity index (χ3n) is 3.99. The summed E-state index contributed by atoms with van der Waals surface area (Å²) in [7, 11) is 0. The van der Waals surface area contributed by atoms with Crippen LogP contribution < -0.4 is 10.6 Å². The van der Waals surface area contributed by atoms with Crippen molar-refractivity contribution in [2.45, 2.75) is 19.8 Å². The van der Waals surface area contributed by atoms with E-state index in [2.05, 4.69) is 35.2 Å². The normalized spacial score (nSPS) is 12.7. The molecule has 20 heavy (non-hydrogen) atoms. The summed E-state index contributed by atoms with van der Waals surface area (Å²) in [5, 5.41) is 10.5. The highest BCUT2D eigenvalue weighted by Gasteiger charge is 2.19. The van der Waals surface area contributed by atoms with E-state index < -0.39 is 0 Å². The molecule has 3 heteroatoms. The third-order valence-corrected chi connectivity index (χ3v) is 3.99. The van der Waals surface area contributed by atoms with E-state index in [0.29, 0.717) is 5.36 Å². The quantitative estimate of drug-likeness (QED) is 0.621. The summed E-state index contributed by atoms with van der Waals surface area (Å²) >= 11 is 0. The average Bonchev–Trinajstić information content (AvgIpc) is 2.84. The van der Waals surface area contributed by atoms with Gasteiger partial charge in [-0.25, -0.2) is 4.98 Å². The molecule has 1 aliphatic rings. The van der Waals surface area contributed by atoms with Gasteiger partial charge < -0.3 is 0 Å². The lowest BCUT2D eigenvalue weighted by atomic mass is 9.99. The van der Waals surface area contributed by atoms with E-state index >= 15 is 0 Å². The van der Waals surface area contributed by atoms with E-state index in [-0.39, 0.29) is 0 Å². The Kier molecular flexibility index (Phi) is 2.71. The van der Waals surface area contributed by atoms with Gasteiger partial charge in [-0.15, -0.1) is 13.2 Å². The highest BCUT2D eigenvalue weighted by atomic mass is 15.0. The predicted octanol–water partition coefficient (Wildman–Crippen LogP) is 2.31. The molecule has 0 saturated carbocycles. The second kappa shape index (κ2) is 4.30. The Morgan fingerprint density at radius 3 is 2.75 bits per heavy atom. The number of hydrogen-bond donors (Lipinski definition) is 1. The molecule has 0 saturated heterocycles.